The molecular formula is C25H31N2O4+. The van der Waals surface area contributed by atoms with Crippen molar-refractivity contribution in [2.24, 2.45) is 0 Å². The minimum Gasteiger partial charge on any atom is -0.483 e. The first kappa shape index (κ1) is 22.6. The van der Waals surface area contributed by atoms with Gasteiger partial charge in [-0.2, -0.15) is 0 Å². The maximum absolute atomic E-state index is 12.7. The van der Waals surface area contributed by atoms with E-state index in [9.17, 15) is 9.59 Å². The fourth-order valence-corrected chi connectivity index (χ4v) is 3.62. The zero-order valence-electron chi connectivity index (χ0n) is 18.7. The first-order chi connectivity index (χ1) is 14.8. The molecule has 0 saturated carbocycles. The maximum atomic E-state index is 12.7. The SMILES string of the molecule is Cc1cc(OCC(=O)NCCC[NH+](C)C)c2c(C)c(Cc3ccccc3)c(=O)oc2c1. The summed E-state index contributed by atoms with van der Waals surface area (Å²) in [5.41, 5.74) is 3.48. The number of hydrogen-bond acceptors (Lipinski definition) is 4. The van der Waals surface area contributed by atoms with Gasteiger partial charge in [-0.15, -0.1) is 0 Å². The van der Waals surface area contributed by atoms with Crippen LogP contribution in [0.1, 0.15) is 28.7 Å². The Morgan fingerprint density at radius 1 is 1.13 bits per heavy atom. The van der Waals surface area contributed by atoms with Crippen molar-refractivity contribution in [3.8, 4) is 5.75 Å². The van der Waals surface area contributed by atoms with Gasteiger partial charge in [0.1, 0.15) is 11.3 Å². The zero-order chi connectivity index (χ0) is 22.4. The summed E-state index contributed by atoms with van der Waals surface area (Å²) in [5, 5.41) is 3.62. The number of carbonyl (C=O) groups excluding carboxylic acids is 1. The van der Waals surface area contributed by atoms with Gasteiger partial charge in [-0.25, -0.2) is 4.79 Å². The normalized spacial score (nSPS) is 11.1. The van der Waals surface area contributed by atoms with Gasteiger partial charge in [-0.3, -0.25) is 4.79 Å². The summed E-state index contributed by atoms with van der Waals surface area (Å²) >= 11 is 0. The Morgan fingerprint density at radius 2 is 1.87 bits per heavy atom. The molecule has 0 unspecified atom stereocenters. The molecule has 164 valence electrons. The molecule has 0 aliphatic heterocycles. The number of quaternary nitrogens is 1. The summed E-state index contributed by atoms with van der Waals surface area (Å²) in [7, 11) is 4.17. The third-order valence-corrected chi connectivity index (χ3v) is 5.25. The van der Waals surface area contributed by atoms with Crippen LogP contribution in [0, 0.1) is 13.8 Å². The van der Waals surface area contributed by atoms with Crippen LogP contribution < -0.4 is 20.6 Å². The molecule has 3 aromatic rings. The summed E-state index contributed by atoms with van der Waals surface area (Å²) in [4.78, 5) is 26.2. The highest BCUT2D eigenvalue weighted by atomic mass is 16.5. The van der Waals surface area contributed by atoms with Crippen LogP contribution in [0.25, 0.3) is 11.0 Å². The third kappa shape index (κ3) is 5.95. The van der Waals surface area contributed by atoms with E-state index in [1.807, 2.05) is 56.3 Å². The van der Waals surface area contributed by atoms with Gasteiger partial charge in [0.2, 0.25) is 0 Å². The van der Waals surface area contributed by atoms with E-state index in [1.165, 1.54) is 4.90 Å². The number of nitrogens with one attached hydrogen (secondary N) is 2. The van der Waals surface area contributed by atoms with E-state index >= 15 is 0 Å². The van der Waals surface area contributed by atoms with Crippen LogP contribution in [-0.2, 0) is 11.2 Å². The first-order valence-corrected chi connectivity index (χ1v) is 10.6. The van der Waals surface area contributed by atoms with E-state index in [4.69, 9.17) is 9.15 Å². The average Bonchev–Trinajstić information content (AvgIpc) is 2.72. The van der Waals surface area contributed by atoms with Crippen molar-refractivity contribution in [3.63, 3.8) is 0 Å². The second-order valence-electron chi connectivity index (χ2n) is 8.24. The Morgan fingerprint density at radius 3 is 2.58 bits per heavy atom. The standard InChI is InChI=1S/C25H30N2O4/c1-17-13-21(30-16-23(28)26-11-8-12-27(3)4)24-18(2)20(25(29)31-22(24)14-17)15-19-9-6-5-7-10-19/h5-7,9-10,13-14H,8,11-12,15-16H2,1-4H3,(H,26,28)/p+1. The number of benzene rings is 2. The lowest BCUT2D eigenvalue weighted by Crippen LogP contribution is -3.05. The van der Waals surface area contributed by atoms with Crippen LogP contribution in [0.5, 0.6) is 5.75 Å². The molecule has 2 aromatic carbocycles. The van der Waals surface area contributed by atoms with Gasteiger partial charge < -0.3 is 19.4 Å². The molecule has 0 fully saturated rings. The Hall–Kier alpha value is -3.12. The van der Waals surface area contributed by atoms with Crippen molar-refractivity contribution in [1.82, 2.24) is 5.32 Å². The van der Waals surface area contributed by atoms with Crippen LogP contribution in [0.2, 0.25) is 0 Å². The largest absolute Gasteiger partial charge is 0.483 e. The highest BCUT2D eigenvalue weighted by Gasteiger charge is 2.17. The molecule has 6 nitrogen and oxygen atoms in total. The molecule has 0 aliphatic carbocycles. The van der Waals surface area contributed by atoms with Crippen LogP contribution in [0.15, 0.2) is 51.7 Å². The molecule has 0 saturated heterocycles. The lowest BCUT2D eigenvalue weighted by atomic mass is 9.98. The molecule has 0 bridgehead atoms. The van der Waals surface area contributed by atoms with Gasteiger partial charge in [0.25, 0.3) is 5.91 Å². The summed E-state index contributed by atoms with van der Waals surface area (Å²) in [6.45, 7) is 5.34. The number of rotatable bonds is 9. The molecule has 3 rings (SSSR count). The Kier molecular flexibility index (Phi) is 7.47. The molecular weight excluding hydrogens is 392 g/mol. The highest BCUT2D eigenvalue weighted by Crippen LogP contribution is 2.31. The molecule has 6 heteroatoms. The number of amides is 1. The number of aryl methyl sites for hydroxylation is 2. The highest BCUT2D eigenvalue weighted by molar-refractivity contribution is 5.89. The van der Waals surface area contributed by atoms with Gasteiger partial charge in [-0.1, -0.05) is 30.3 Å². The fraction of sp³-hybridized carbons (Fsp3) is 0.360. The Balaban J connectivity index is 1.83. The molecule has 2 N–H and O–H groups in total. The topological polar surface area (TPSA) is 73.0 Å². The average molecular weight is 424 g/mol. The molecule has 1 amide bonds. The van der Waals surface area contributed by atoms with E-state index in [0.717, 1.165) is 35.0 Å². The van der Waals surface area contributed by atoms with E-state index in [1.54, 1.807) is 0 Å². The van der Waals surface area contributed by atoms with E-state index in [0.29, 0.717) is 29.9 Å². The minimum atomic E-state index is -0.342. The van der Waals surface area contributed by atoms with Crippen molar-refractivity contribution < 1.29 is 18.8 Å². The number of ether oxygens (including phenoxy) is 1. The van der Waals surface area contributed by atoms with Gasteiger partial charge in [0, 0.05) is 24.9 Å². The van der Waals surface area contributed by atoms with Crippen LogP contribution >= 0.6 is 0 Å². The second-order valence-corrected chi connectivity index (χ2v) is 8.24. The summed E-state index contributed by atoms with van der Waals surface area (Å²) in [6, 6.07) is 13.5. The summed E-state index contributed by atoms with van der Waals surface area (Å²) in [5.74, 6) is 0.390. The van der Waals surface area contributed by atoms with Crippen molar-refractivity contribution in [3.05, 3.63) is 75.1 Å². The molecule has 0 radical (unpaired) electrons. The lowest BCUT2D eigenvalue weighted by molar-refractivity contribution is -0.858. The minimum absolute atomic E-state index is 0.0834. The van der Waals surface area contributed by atoms with Gasteiger partial charge in [-0.05, 0) is 42.7 Å². The molecule has 0 aliphatic rings. The van der Waals surface area contributed by atoms with E-state index < -0.39 is 0 Å². The van der Waals surface area contributed by atoms with Gasteiger partial charge in [0.15, 0.2) is 6.61 Å². The van der Waals surface area contributed by atoms with Gasteiger partial charge in [0.05, 0.1) is 26.0 Å². The molecule has 31 heavy (non-hydrogen) atoms. The molecule has 0 spiro atoms. The number of hydrogen-bond donors (Lipinski definition) is 2. The monoisotopic (exact) mass is 423 g/mol. The Bertz CT molecular complexity index is 1100. The van der Waals surface area contributed by atoms with Crippen molar-refractivity contribution in [2.75, 3.05) is 33.8 Å². The molecule has 1 aromatic heterocycles. The summed E-state index contributed by atoms with van der Waals surface area (Å²) < 4.78 is 11.5. The van der Waals surface area contributed by atoms with Crippen LogP contribution in [0.3, 0.4) is 0 Å². The number of fused-ring (bicyclic) bond motifs is 1. The van der Waals surface area contributed by atoms with E-state index in [2.05, 4.69) is 19.4 Å². The first-order valence-electron chi connectivity index (χ1n) is 10.6. The fourth-order valence-electron chi connectivity index (χ4n) is 3.62. The second kappa shape index (κ2) is 10.3. The van der Waals surface area contributed by atoms with Crippen molar-refractivity contribution in [1.29, 1.82) is 0 Å². The lowest BCUT2D eigenvalue weighted by Gasteiger charge is -2.14. The quantitative estimate of drug-likeness (QED) is 0.408. The van der Waals surface area contributed by atoms with Gasteiger partial charge >= 0.3 is 5.63 Å². The van der Waals surface area contributed by atoms with E-state index in [-0.39, 0.29) is 18.1 Å². The maximum Gasteiger partial charge on any atom is 0.340 e. The predicted molar refractivity (Wildman–Crippen MR) is 122 cm³/mol. The van der Waals surface area contributed by atoms with Crippen LogP contribution in [-0.4, -0.2) is 39.7 Å². The smallest absolute Gasteiger partial charge is 0.340 e. The predicted octanol–water partition coefficient (Wildman–Crippen LogP) is 2.03. The third-order valence-electron chi connectivity index (χ3n) is 5.25. The zero-order valence-corrected chi connectivity index (χ0v) is 18.7. The molecule has 0 atom stereocenters. The Labute approximate surface area is 182 Å². The molecule has 1 heterocycles. The van der Waals surface area contributed by atoms with Crippen molar-refractivity contribution in [2.45, 2.75) is 26.7 Å². The van der Waals surface area contributed by atoms with Crippen LogP contribution in [0.4, 0.5) is 0 Å². The summed E-state index contributed by atoms with van der Waals surface area (Å²) in [6.07, 6.45) is 1.39. The van der Waals surface area contributed by atoms with Crippen molar-refractivity contribution >= 4 is 16.9 Å². The number of carbonyl (C=O) groups is 1.